The Morgan fingerprint density at radius 3 is 2.67 bits per heavy atom. The van der Waals surface area contributed by atoms with Gasteiger partial charge in [0.1, 0.15) is 0 Å². The molecule has 0 radical (unpaired) electrons. The molecule has 1 atom stereocenters. The molecule has 0 saturated carbocycles. The zero-order chi connectivity index (χ0) is 13.2. The molecule has 3 N–H and O–H groups in total. The van der Waals surface area contributed by atoms with Crippen molar-refractivity contribution in [2.75, 3.05) is 32.1 Å². The fourth-order valence-corrected chi connectivity index (χ4v) is 3.46. The molecule has 1 unspecified atom stereocenters. The van der Waals surface area contributed by atoms with Gasteiger partial charge in [-0.3, -0.25) is 0 Å². The second kappa shape index (κ2) is 5.23. The number of hydrogen-bond donors (Lipinski definition) is 2. The highest BCUT2D eigenvalue weighted by Gasteiger charge is 2.33. The zero-order valence-corrected chi connectivity index (χ0v) is 10.6. The third-order valence-electron chi connectivity index (χ3n) is 2.87. The number of morpholine rings is 1. The van der Waals surface area contributed by atoms with Gasteiger partial charge in [-0.25, -0.2) is 8.42 Å². The van der Waals surface area contributed by atoms with Gasteiger partial charge in [-0.1, -0.05) is 0 Å². The number of aliphatic hydroxyl groups is 1. The SMILES string of the molecule is Nc1ccc(S(=O)(=O)N2CCOCC2CO)cc1. The first-order valence-electron chi connectivity index (χ1n) is 5.61. The van der Waals surface area contributed by atoms with Crippen LogP contribution in [0.5, 0.6) is 0 Å². The topological polar surface area (TPSA) is 92.9 Å². The van der Waals surface area contributed by atoms with Crippen LogP contribution in [0.3, 0.4) is 0 Å². The summed E-state index contributed by atoms with van der Waals surface area (Å²) in [5.74, 6) is 0. The Balaban J connectivity index is 2.32. The fourth-order valence-electron chi connectivity index (χ4n) is 1.87. The second-order valence-corrected chi connectivity index (χ2v) is 5.99. The van der Waals surface area contributed by atoms with Gasteiger partial charge in [-0.05, 0) is 24.3 Å². The monoisotopic (exact) mass is 272 g/mol. The van der Waals surface area contributed by atoms with Crippen LogP contribution in [-0.2, 0) is 14.8 Å². The molecule has 0 bridgehead atoms. The molecule has 7 heteroatoms. The number of sulfonamides is 1. The maximum Gasteiger partial charge on any atom is 0.243 e. The number of rotatable bonds is 3. The van der Waals surface area contributed by atoms with Gasteiger partial charge in [-0.2, -0.15) is 4.31 Å². The predicted molar refractivity (Wildman–Crippen MR) is 66.4 cm³/mol. The van der Waals surface area contributed by atoms with Crippen LogP contribution in [0, 0.1) is 0 Å². The summed E-state index contributed by atoms with van der Waals surface area (Å²) in [5.41, 5.74) is 6.04. The summed E-state index contributed by atoms with van der Waals surface area (Å²) < 4.78 is 31.2. The number of nitrogens with zero attached hydrogens (tertiary/aromatic N) is 1. The van der Waals surface area contributed by atoms with Gasteiger partial charge in [0.2, 0.25) is 10.0 Å². The van der Waals surface area contributed by atoms with Crippen molar-refractivity contribution in [1.29, 1.82) is 0 Å². The summed E-state index contributed by atoms with van der Waals surface area (Å²) in [7, 11) is -3.60. The van der Waals surface area contributed by atoms with Crippen LogP contribution in [0.25, 0.3) is 0 Å². The molecule has 100 valence electrons. The van der Waals surface area contributed by atoms with Gasteiger partial charge in [0.15, 0.2) is 0 Å². The molecule has 0 aromatic heterocycles. The summed E-state index contributed by atoms with van der Waals surface area (Å²) in [4.78, 5) is 0.178. The van der Waals surface area contributed by atoms with Crippen molar-refractivity contribution in [1.82, 2.24) is 4.31 Å². The van der Waals surface area contributed by atoms with Crippen molar-refractivity contribution in [3.05, 3.63) is 24.3 Å². The maximum atomic E-state index is 12.4. The number of nitrogen functional groups attached to an aromatic ring is 1. The smallest absolute Gasteiger partial charge is 0.243 e. The quantitative estimate of drug-likeness (QED) is 0.734. The van der Waals surface area contributed by atoms with Crippen molar-refractivity contribution >= 4 is 15.7 Å². The van der Waals surface area contributed by atoms with E-state index in [1.165, 1.54) is 16.4 Å². The molecule has 1 saturated heterocycles. The Morgan fingerprint density at radius 1 is 1.39 bits per heavy atom. The largest absolute Gasteiger partial charge is 0.399 e. The number of benzene rings is 1. The average Bonchev–Trinajstić information content (AvgIpc) is 2.39. The number of aliphatic hydroxyl groups excluding tert-OH is 1. The third-order valence-corrected chi connectivity index (χ3v) is 4.84. The lowest BCUT2D eigenvalue weighted by molar-refractivity contribution is 0.0109. The van der Waals surface area contributed by atoms with E-state index in [1.54, 1.807) is 12.1 Å². The summed E-state index contributed by atoms with van der Waals surface area (Å²) in [5, 5.41) is 9.21. The number of nitrogens with two attached hydrogens (primary N) is 1. The lowest BCUT2D eigenvalue weighted by Crippen LogP contribution is -2.50. The Morgan fingerprint density at radius 2 is 2.06 bits per heavy atom. The van der Waals surface area contributed by atoms with Gasteiger partial charge in [-0.15, -0.1) is 0 Å². The zero-order valence-electron chi connectivity index (χ0n) is 9.82. The van der Waals surface area contributed by atoms with Crippen molar-refractivity contribution in [3.63, 3.8) is 0 Å². The highest BCUT2D eigenvalue weighted by molar-refractivity contribution is 7.89. The van der Waals surface area contributed by atoms with E-state index in [1.807, 2.05) is 0 Å². The van der Waals surface area contributed by atoms with E-state index < -0.39 is 16.1 Å². The Bertz CT molecular complexity index is 500. The van der Waals surface area contributed by atoms with Crippen LogP contribution >= 0.6 is 0 Å². The van der Waals surface area contributed by atoms with E-state index >= 15 is 0 Å². The molecule has 1 aliphatic rings. The van der Waals surface area contributed by atoms with E-state index in [0.717, 1.165) is 0 Å². The average molecular weight is 272 g/mol. The van der Waals surface area contributed by atoms with Gasteiger partial charge in [0, 0.05) is 12.2 Å². The molecule has 0 spiro atoms. The normalized spacial score (nSPS) is 21.9. The number of anilines is 1. The Kier molecular flexibility index (Phi) is 3.86. The molecule has 1 aliphatic heterocycles. The van der Waals surface area contributed by atoms with Gasteiger partial charge in [0.25, 0.3) is 0 Å². The van der Waals surface area contributed by atoms with E-state index in [-0.39, 0.29) is 24.7 Å². The van der Waals surface area contributed by atoms with E-state index in [9.17, 15) is 13.5 Å². The molecule has 1 aromatic carbocycles. The summed E-state index contributed by atoms with van der Waals surface area (Å²) in [6, 6.07) is 5.49. The molecule has 6 nitrogen and oxygen atoms in total. The molecule has 1 aromatic rings. The van der Waals surface area contributed by atoms with Gasteiger partial charge < -0.3 is 15.6 Å². The standard InChI is InChI=1S/C11H16N2O4S/c12-9-1-3-11(4-2-9)18(15,16)13-5-6-17-8-10(13)7-14/h1-4,10,14H,5-8,12H2. The van der Waals surface area contributed by atoms with Gasteiger partial charge in [0.05, 0.1) is 30.8 Å². The summed E-state index contributed by atoms with van der Waals surface area (Å²) in [6.45, 7) is 0.543. The van der Waals surface area contributed by atoms with Crippen molar-refractivity contribution in [2.45, 2.75) is 10.9 Å². The Hall–Kier alpha value is -1.15. The van der Waals surface area contributed by atoms with Crippen molar-refractivity contribution in [2.24, 2.45) is 0 Å². The van der Waals surface area contributed by atoms with E-state index in [2.05, 4.69) is 0 Å². The van der Waals surface area contributed by atoms with Crippen LogP contribution < -0.4 is 5.73 Å². The first kappa shape index (κ1) is 13.3. The first-order valence-corrected chi connectivity index (χ1v) is 7.05. The van der Waals surface area contributed by atoms with Crippen LogP contribution in [-0.4, -0.2) is 50.2 Å². The lowest BCUT2D eigenvalue weighted by Gasteiger charge is -2.33. The minimum atomic E-state index is -3.60. The molecule has 18 heavy (non-hydrogen) atoms. The van der Waals surface area contributed by atoms with Crippen molar-refractivity contribution < 1.29 is 18.3 Å². The Labute approximate surface area is 106 Å². The summed E-state index contributed by atoms with van der Waals surface area (Å²) >= 11 is 0. The molecule has 2 rings (SSSR count). The second-order valence-electron chi connectivity index (χ2n) is 4.10. The molecule has 1 fully saturated rings. The third kappa shape index (κ3) is 2.49. The van der Waals surface area contributed by atoms with Crippen molar-refractivity contribution in [3.8, 4) is 0 Å². The molecular formula is C11H16N2O4S. The first-order chi connectivity index (χ1) is 8.55. The van der Waals surface area contributed by atoms with Crippen LogP contribution in [0.1, 0.15) is 0 Å². The van der Waals surface area contributed by atoms with Crippen LogP contribution in [0.15, 0.2) is 29.2 Å². The van der Waals surface area contributed by atoms with Gasteiger partial charge >= 0.3 is 0 Å². The molecule has 1 heterocycles. The number of hydrogen-bond acceptors (Lipinski definition) is 5. The van der Waals surface area contributed by atoms with Crippen LogP contribution in [0.2, 0.25) is 0 Å². The molecule has 0 amide bonds. The molecular weight excluding hydrogens is 256 g/mol. The minimum absolute atomic E-state index is 0.178. The highest BCUT2D eigenvalue weighted by atomic mass is 32.2. The fraction of sp³-hybridized carbons (Fsp3) is 0.455. The molecule has 0 aliphatic carbocycles. The maximum absolute atomic E-state index is 12.4. The number of ether oxygens (including phenoxy) is 1. The summed E-state index contributed by atoms with van der Waals surface area (Å²) in [6.07, 6.45) is 0. The minimum Gasteiger partial charge on any atom is -0.399 e. The lowest BCUT2D eigenvalue weighted by atomic mass is 10.3. The predicted octanol–water partition coefficient (Wildman–Crippen LogP) is -0.349. The van der Waals surface area contributed by atoms with E-state index in [4.69, 9.17) is 10.5 Å². The highest BCUT2D eigenvalue weighted by Crippen LogP contribution is 2.21. The van der Waals surface area contributed by atoms with E-state index in [0.29, 0.717) is 12.3 Å². The van der Waals surface area contributed by atoms with Crippen LogP contribution in [0.4, 0.5) is 5.69 Å².